The first kappa shape index (κ1) is 21.1. The topological polar surface area (TPSA) is 81.0 Å². The lowest BCUT2D eigenvalue weighted by molar-refractivity contribution is 0.0694. The molecule has 3 heterocycles. The molecule has 2 aromatic rings. The summed E-state index contributed by atoms with van der Waals surface area (Å²) in [6.07, 6.45) is 6.55. The molecule has 1 atom stereocenters. The van der Waals surface area contributed by atoms with Crippen molar-refractivity contribution in [3.05, 3.63) is 51.3 Å². The third-order valence-corrected chi connectivity index (χ3v) is 7.02. The van der Waals surface area contributed by atoms with E-state index in [0.717, 1.165) is 54.7 Å². The molecule has 1 saturated carbocycles. The number of benzene rings is 1. The second-order valence-electron chi connectivity index (χ2n) is 9.74. The van der Waals surface area contributed by atoms with E-state index in [1.54, 1.807) is 7.11 Å². The van der Waals surface area contributed by atoms with E-state index in [1.165, 1.54) is 17.8 Å². The van der Waals surface area contributed by atoms with Crippen LogP contribution < -0.4 is 15.2 Å². The molecule has 1 saturated heterocycles. The predicted molar refractivity (Wildman–Crippen MR) is 121 cm³/mol. The molecule has 2 aliphatic heterocycles. The lowest BCUT2D eigenvalue weighted by atomic mass is 9.90. The molecule has 2 fully saturated rings. The van der Waals surface area contributed by atoms with Crippen LogP contribution in [0.2, 0.25) is 0 Å². The highest BCUT2D eigenvalue weighted by Gasteiger charge is 2.45. The molecule has 1 aromatic carbocycles. The molecule has 170 valence electrons. The Morgan fingerprint density at radius 2 is 1.94 bits per heavy atom. The van der Waals surface area contributed by atoms with Crippen molar-refractivity contribution in [3.8, 4) is 17.0 Å². The average molecular weight is 439 g/mol. The Kier molecular flexibility index (Phi) is 5.04. The lowest BCUT2D eigenvalue weighted by Crippen LogP contribution is -2.50. The van der Waals surface area contributed by atoms with Gasteiger partial charge in [-0.2, -0.15) is 0 Å². The number of fused-ring (bicyclic) bond motifs is 6. The Balaban J connectivity index is 1.67. The van der Waals surface area contributed by atoms with Crippen molar-refractivity contribution in [1.29, 1.82) is 0 Å². The van der Waals surface area contributed by atoms with E-state index in [2.05, 4.69) is 31.0 Å². The predicted octanol–water partition coefficient (Wildman–Crippen LogP) is 4.07. The quantitative estimate of drug-likeness (QED) is 0.657. The molecule has 0 bridgehead atoms. The number of aromatic carboxylic acids is 1. The molecule has 7 heteroatoms. The number of methoxy groups -OCH3 is 1. The first-order valence-electron chi connectivity index (χ1n) is 11.4. The standard InChI is InChI=1S/C25H30N2O5/c1-25(2)8-7-20-18-12-23(32-10-4-9-31-3)16(15-5-6-15)11-17(18)21-13-22(28)19(24(29)30)14-26(21)27(20)25/h11-15,20H,4-10H2,1-3H3,(H,29,30). The van der Waals surface area contributed by atoms with E-state index in [9.17, 15) is 14.7 Å². The van der Waals surface area contributed by atoms with Crippen LogP contribution in [0.1, 0.15) is 79.4 Å². The van der Waals surface area contributed by atoms with Gasteiger partial charge in [-0.05, 0) is 68.7 Å². The fraction of sp³-hybridized carbons (Fsp3) is 0.520. The molecule has 0 amide bonds. The van der Waals surface area contributed by atoms with Crippen LogP contribution in [0, 0.1) is 0 Å². The fourth-order valence-corrected chi connectivity index (χ4v) is 5.27. The van der Waals surface area contributed by atoms with Crippen molar-refractivity contribution in [3.63, 3.8) is 0 Å². The van der Waals surface area contributed by atoms with Crippen LogP contribution in [0.4, 0.5) is 0 Å². The maximum atomic E-state index is 12.6. The minimum Gasteiger partial charge on any atom is -0.493 e. The lowest BCUT2D eigenvalue weighted by Gasteiger charge is -2.44. The molecule has 0 spiro atoms. The van der Waals surface area contributed by atoms with Crippen molar-refractivity contribution in [2.45, 2.75) is 63.5 Å². The van der Waals surface area contributed by atoms with Gasteiger partial charge in [0.05, 0.1) is 23.9 Å². The number of rotatable bonds is 7. The number of aromatic nitrogens is 1. The van der Waals surface area contributed by atoms with Gasteiger partial charge >= 0.3 is 5.97 Å². The monoisotopic (exact) mass is 438 g/mol. The van der Waals surface area contributed by atoms with E-state index < -0.39 is 11.4 Å². The van der Waals surface area contributed by atoms with Crippen LogP contribution in [0.25, 0.3) is 11.3 Å². The molecule has 5 rings (SSSR count). The largest absolute Gasteiger partial charge is 0.493 e. The van der Waals surface area contributed by atoms with Crippen molar-refractivity contribution in [2.24, 2.45) is 0 Å². The van der Waals surface area contributed by atoms with Gasteiger partial charge in [-0.3, -0.25) is 14.5 Å². The van der Waals surface area contributed by atoms with E-state index in [4.69, 9.17) is 9.47 Å². The molecule has 32 heavy (non-hydrogen) atoms. The van der Waals surface area contributed by atoms with Gasteiger partial charge in [-0.15, -0.1) is 0 Å². The van der Waals surface area contributed by atoms with Crippen LogP contribution in [-0.4, -0.2) is 41.6 Å². The highest BCUT2D eigenvalue weighted by atomic mass is 16.5. The second-order valence-corrected chi connectivity index (χ2v) is 9.74. The SMILES string of the molecule is COCCCOc1cc2c(cc1C1CC1)-c1cc(=O)c(C(=O)O)cn1N1C2CCC1(C)C. The zero-order valence-electron chi connectivity index (χ0n) is 18.9. The van der Waals surface area contributed by atoms with Gasteiger partial charge in [-0.1, -0.05) is 0 Å². The highest BCUT2D eigenvalue weighted by Crippen LogP contribution is 2.52. The van der Waals surface area contributed by atoms with Gasteiger partial charge in [0.2, 0.25) is 0 Å². The molecule has 3 aliphatic rings. The number of carboxylic acids is 1. The zero-order chi connectivity index (χ0) is 22.6. The summed E-state index contributed by atoms with van der Waals surface area (Å²) in [6, 6.07) is 5.95. The Hall–Kier alpha value is -2.80. The Bertz CT molecular complexity index is 1130. The van der Waals surface area contributed by atoms with Crippen LogP contribution in [0.3, 0.4) is 0 Å². The van der Waals surface area contributed by atoms with E-state index in [-0.39, 0.29) is 17.1 Å². The summed E-state index contributed by atoms with van der Waals surface area (Å²) in [4.78, 5) is 24.3. The second kappa shape index (κ2) is 7.66. The summed E-state index contributed by atoms with van der Waals surface area (Å²) in [5.41, 5.74) is 3.30. The average Bonchev–Trinajstić information content (AvgIpc) is 3.54. The van der Waals surface area contributed by atoms with Gasteiger partial charge in [0.1, 0.15) is 11.3 Å². The van der Waals surface area contributed by atoms with Crippen LogP contribution in [0.5, 0.6) is 5.75 Å². The summed E-state index contributed by atoms with van der Waals surface area (Å²) in [5, 5.41) is 11.8. The Morgan fingerprint density at radius 3 is 2.62 bits per heavy atom. The van der Waals surface area contributed by atoms with Gasteiger partial charge in [0, 0.05) is 38.0 Å². The van der Waals surface area contributed by atoms with Crippen molar-refractivity contribution in [1.82, 2.24) is 4.68 Å². The first-order valence-corrected chi connectivity index (χ1v) is 11.4. The van der Waals surface area contributed by atoms with Gasteiger partial charge in [0.15, 0.2) is 5.43 Å². The highest BCUT2D eigenvalue weighted by molar-refractivity contribution is 5.88. The maximum absolute atomic E-state index is 12.6. The number of carbonyl (C=O) groups is 1. The number of nitrogens with zero attached hydrogens (tertiary/aromatic N) is 2. The molecule has 1 unspecified atom stereocenters. The van der Waals surface area contributed by atoms with Gasteiger partial charge in [0.25, 0.3) is 0 Å². The normalized spacial score (nSPS) is 20.5. The Labute approximate surface area is 187 Å². The Morgan fingerprint density at radius 1 is 1.16 bits per heavy atom. The summed E-state index contributed by atoms with van der Waals surface area (Å²) in [5.74, 6) is 0.224. The molecule has 1 N–H and O–H groups in total. The van der Waals surface area contributed by atoms with Crippen LogP contribution in [0.15, 0.2) is 29.2 Å². The maximum Gasteiger partial charge on any atom is 0.341 e. The number of carboxylic acid groups (broad SMARTS) is 1. The third-order valence-electron chi connectivity index (χ3n) is 7.02. The van der Waals surface area contributed by atoms with Crippen LogP contribution >= 0.6 is 0 Å². The summed E-state index contributed by atoms with van der Waals surface area (Å²) in [6.45, 7) is 5.60. The summed E-state index contributed by atoms with van der Waals surface area (Å²) >= 11 is 0. The molecule has 1 aromatic heterocycles. The third kappa shape index (κ3) is 3.39. The van der Waals surface area contributed by atoms with Crippen molar-refractivity contribution >= 4 is 5.97 Å². The molecule has 0 radical (unpaired) electrons. The number of pyridine rings is 1. The van der Waals surface area contributed by atoms with Crippen molar-refractivity contribution < 1.29 is 19.4 Å². The van der Waals surface area contributed by atoms with Gasteiger partial charge in [-0.25, -0.2) is 4.79 Å². The molecule has 7 nitrogen and oxygen atoms in total. The van der Waals surface area contributed by atoms with Gasteiger partial charge < -0.3 is 14.6 Å². The van der Waals surface area contributed by atoms with Crippen LogP contribution in [-0.2, 0) is 4.74 Å². The first-order chi connectivity index (χ1) is 15.3. The number of hydrogen-bond acceptors (Lipinski definition) is 5. The summed E-state index contributed by atoms with van der Waals surface area (Å²) in [7, 11) is 1.69. The minimum absolute atomic E-state index is 0.103. The molecular weight excluding hydrogens is 408 g/mol. The van der Waals surface area contributed by atoms with Crippen molar-refractivity contribution in [2.75, 3.05) is 25.3 Å². The van der Waals surface area contributed by atoms with E-state index in [1.807, 2.05) is 4.68 Å². The number of hydrogen-bond donors (Lipinski definition) is 1. The number of ether oxygens (including phenoxy) is 2. The molecular formula is C25H30N2O5. The minimum atomic E-state index is -1.19. The van der Waals surface area contributed by atoms with E-state index >= 15 is 0 Å². The summed E-state index contributed by atoms with van der Waals surface area (Å²) < 4.78 is 13.3. The van der Waals surface area contributed by atoms with E-state index in [0.29, 0.717) is 19.1 Å². The zero-order valence-corrected chi connectivity index (χ0v) is 18.9. The smallest absolute Gasteiger partial charge is 0.341 e. The fourth-order valence-electron chi connectivity index (χ4n) is 5.27. The molecule has 1 aliphatic carbocycles.